The van der Waals surface area contributed by atoms with Gasteiger partial charge in [-0.05, 0) is 75.3 Å². The first-order valence-electron chi connectivity index (χ1n) is 18.6. The van der Waals surface area contributed by atoms with Crippen molar-refractivity contribution in [2.45, 2.75) is 112 Å². The van der Waals surface area contributed by atoms with Gasteiger partial charge in [-0.25, -0.2) is 22.0 Å². The van der Waals surface area contributed by atoms with Crippen LogP contribution < -0.4 is 15.4 Å². The van der Waals surface area contributed by atoms with Crippen molar-refractivity contribution in [1.82, 2.24) is 19.8 Å². The van der Waals surface area contributed by atoms with E-state index in [9.17, 15) is 49.5 Å². The van der Waals surface area contributed by atoms with Crippen LogP contribution in [-0.4, -0.2) is 77.1 Å². The fourth-order valence-corrected chi connectivity index (χ4v) is 9.02. The lowest BCUT2D eigenvalue weighted by Gasteiger charge is -2.30. The minimum atomic E-state index is -4.94. The largest absolute Gasteiger partial charge is 0.444 e. The number of alkyl halides is 3. The number of hydrogen-bond donors (Lipinski definition) is 3. The molecule has 0 spiro atoms. The Bertz CT molecular complexity index is 2080. The fourth-order valence-electron chi connectivity index (χ4n) is 7.71. The number of ether oxygens (including phenoxy) is 1. The lowest BCUT2D eigenvalue weighted by atomic mass is 10.0. The highest BCUT2D eigenvalue weighted by molar-refractivity contribution is 7.91. The number of carbonyl (C=O) groups is 4. The van der Waals surface area contributed by atoms with Gasteiger partial charge >= 0.3 is 12.3 Å². The second kappa shape index (κ2) is 14.6. The van der Waals surface area contributed by atoms with Crippen molar-refractivity contribution in [2.24, 2.45) is 5.92 Å². The zero-order valence-electron chi connectivity index (χ0n) is 30.5. The number of amides is 4. The minimum Gasteiger partial charge on any atom is -0.444 e. The molecular weight excluding hydrogens is 766 g/mol. The Balaban J connectivity index is 1.16. The van der Waals surface area contributed by atoms with Crippen molar-refractivity contribution in [3.05, 3.63) is 76.9 Å². The quantitative estimate of drug-likeness (QED) is 0.264. The molecule has 4 amide bonds. The summed E-state index contributed by atoms with van der Waals surface area (Å²) in [5.41, 5.74) is -2.32. The SMILES string of the molecule is CC1(S(=O)(=O)NC(=O)[C@@]23C[C@H]2C=CCCCCC[C@H](Nc2ccc(C(F)(F)F)c(F)c2)C(=O)N2C[C@H](OC(=O)N4Cc5cccc(F)c5C4)C[C@H]2C(=O)N3)CC1. The zero-order valence-corrected chi connectivity index (χ0v) is 31.3. The molecule has 5 atom stereocenters. The summed E-state index contributed by atoms with van der Waals surface area (Å²) in [5.74, 6) is -5.01. The topological polar surface area (TPSA) is 154 Å². The van der Waals surface area contributed by atoms with Crippen molar-refractivity contribution in [2.75, 3.05) is 11.9 Å². The molecule has 302 valence electrons. The van der Waals surface area contributed by atoms with Gasteiger partial charge in [0, 0.05) is 30.1 Å². The molecule has 1 saturated heterocycles. The van der Waals surface area contributed by atoms with Crippen LogP contribution in [0.4, 0.5) is 32.4 Å². The third-order valence-corrected chi connectivity index (χ3v) is 13.7. The molecule has 12 nitrogen and oxygen atoms in total. The van der Waals surface area contributed by atoms with E-state index in [0.717, 1.165) is 11.0 Å². The predicted molar refractivity (Wildman–Crippen MR) is 191 cm³/mol. The van der Waals surface area contributed by atoms with Crippen molar-refractivity contribution in [1.29, 1.82) is 0 Å². The van der Waals surface area contributed by atoms with Crippen LogP contribution in [0.15, 0.2) is 48.6 Å². The summed E-state index contributed by atoms with van der Waals surface area (Å²) in [6.45, 7) is 1.22. The number of hydrogen-bond acceptors (Lipinski definition) is 8. The van der Waals surface area contributed by atoms with Crippen molar-refractivity contribution in [3.8, 4) is 0 Å². The zero-order chi connectivity index (χ0) is 40.2. The Morgan fingerprint density at radius 3 is 2.48 bits per heavy atom. The molecule has 3 N–H and O–H groups in total. The van der Waals surface area contributed by atoms with Crippen LogP contribution in [-0.2, 0) is 48.4 Å². The fraction of sp³-hybridized carbons (Fsp3) is 0.526. The maximum Gasteiger partial charge on any atom is 0.419 e. The van der Waals surface area contributed by atoms with Gasteiger partial charge in [-0.1, -0.05) is 37.1 Å². The van der Waals surface area contributed by atoms with Crippen molar-refractivity contribution >= 4 is 39.5 Å². The number of sulfonamides is 1. The van der Waals surface area contributed by atoms with Crippen LogP contribution in [0.3, 0.4) is 0 Å². The van der Waals surface area contributed by atoms with E-state index in [4.69, 9.17) is 4.74 Å². The number of rotatable bonds is 6. The van der Waals surface area contributed by atoms with Crippen molar-refractivity contribution < 1.29 is 54.3 Å². The number of fused-ring (bicyclic) bond motifs is 3. The second-order valence-corrected chi connectivity index (χ2v) is 17.8. The van der Waals surface area contributed by atoms with Crippen LogP contribution in [0.5, 0.6) is 0 Å². The summed E-state index contributed by atoms with van der Waals surface area (Å²) in [6, 6.07) is 4.16. The summed E-state index contributed by atoms with van der Waals surface area (Å²) in [5, 5.41) is 5.58. The maximum atomic E-state index is 14.6. The number of allylic oxidation sites excluding steroid dienone is 1. The number of anilines is 1. The van der Waals surface area contributed by atoms with Gasteiger partial charge in [-0.2, -0.15) is 13.2 Å². The first-order chi connectivity index (χ1) is 26.4. The summed E-state index contributed by atoms with van der Waals surface area (Å²) in [4.78, 5) is 58.3. The van der Waals surface area contributed by atoms with Crippen LogP contribution in [0.2, 0.25) is 0 Å². The number of halogens is 5. The minimum absolute atomic E-state index is 0.0649. The van der Waals surface area contributed by atoms with E-state index in [-0.39, 0.29) is 44.6 Å². The molecule has 56 heavy (non-hydrogen) atoms. The highest BCUT2D eigenvalue weighted by atomic mass is 32.2. The third-order valence-electron chi connectivity index (χ3n) is 11.5. The van der Waals surface area contributed by atoms with Gasteiger partial charge in [0.15, 0.2) is 0 Å². The average Bonchev–Trinajstić information content (AvgIpc) is 3.92. The summed E-state index contributed by atoms with van der Waals surface area (Å²) < 4.78 is 102. The Morgan fingerprint density at radius 1 is 1.02 bits per heavy atom. The average molecular weight is 808 g/mol. The molecular formula is C38H42F5N5O7S. The van der Waals surface area contributed by atoms with E-state index in [1.165, 1.54) is 24.0 Å². The number of benzene rings is 2. The van der Waals surface area contributed by atoms with Gasteiger partial charge in [-0.3, -0.25) is 24.0 Å². The number of nitrogens with zero attached hydrogens (tertiary/aromatic N) is 2. The van der Waals surface area contributed by atoms with Gasteiger partial charge in [0.2, 0.25) is 21.8 Å². The van der Waals surface area contributed by atoms with Gasteiger partial charge < -0.3 is 20.3 Å². The smallest absolute Gasteiger partial charge is 0.419 e. The van der Waals surface area contributed by atoms with Crippen molar-refractivity contribution in [3.63, 3.8) is 0 Å². The lowest BCUT2D eigenvalue weighted by Crippen LogP contribution is -2.58. The summed E-state index contributed by atoms with van der Waals surface area (Å²) in [7, 11) is -4.08. The molecule has 3 fully saturated rings. The highest BCUT2D eigenvalue weighted by Crippen LogP contribution is 2.47. The molecule has 3 aliphatic heterocycles. The molecule has 2 saturated carbocycles. The second-order valence-electron chi connectivity index (χ2n) is 15.6. The normalized spacial score (nSPS) is 27.5. The molecule has 0 radical (unpaired) electrons. The molecule has 2 aromatic carbocycles. The van der Waals surface area contributed by atoms with Gasteiger partial charge in [-0.15, -0.1) is 0 Å². The highest BCUT2D eigenvalue weighted by Gasteiger charge is 2.63. The van der Waals surface area contributed by atoms with E-state index >= 15 is 0 Å². The van der Waals surface area contributed by atoms with Gasteiger partial charge in [0.1, 0.15) is 35.4 Å². The van der Waals surface area contributed by atoms with Crippen LogP contribution in [0, 0.1) is 17.6 Å². The first kappa shape index (κ1) is 39.5. The standard InChI is InChI=1S/C38H42F5N5O7S/c1-36(14-15-36)56(53,54)46-34(51)37-18-23(37)9-5-3-2-4-6-11-30(44-24-12-13-27(29(40)16-24)38(41,42)43)33(50)48-20-25(17-31(48)32(49)45-37)55-35(52)47-19-22-8-7-10-28(39)26(22)21-47/h5,7-10,12-13,16,23,25,30-31,44H,2-4,6,11,14-15,17-21H2,1H3,(H,45,49)(H,46,51)/t23-,25-,30+,31+,37-/m1/s1. The maximum absolute atomic E-state index is 14.6. The van der Waals surface area contributed by atoms with E-state index in [1.807, 2.05) is 6.08 Å². The number of nitrogens with one attached hydrogen (secondary N) is 3. The Hall–Kier alpha value is -4.74. The summed E-state index contributed by atoms with van der Waals surface area (Å²) >= 11 is 0. The molecule has 2 aliphatic carbocycles. The van der Waals surface area contributed by atoms with Gasteiger partial charge in [0.25, 0.3) is 5.91 Å². The predicted octanol–water partition coefficient (Wildman–Crippen LogP) is 5.28. The van der Waals surface area contributed by atoms with E-state index in [1.54, 1.807) is 12.1 Å². The van der Waals surface area contributed by atoms with Crippen LogP contribution in [0.25, 0.3) is 0 Å². The molecule has 7 rings (SSSR count). The van der Waals surface area contributed by atoms with E-state index < -0.39 is 91.6 Å². The lowest BCUT2D eigenvalue weighted by molar-refractivity contribution is -0.140. The van der Waals surface area contributed by atoms with Gasteiger partial charge in [0.05, 0.1) is 23.4 Å². The third kappa shape index (κ3) is 7.80. The van der Waals surface area contributed by atoms with Crippen LogP contribution in [0.1, 0.15) is 81.4 Å². The molecule has 0 aromatic heterocycles. The Labute approximate surface area is 320 Å². The summed E-state index contributed by atoms with van der Waals surface area (Å²) in [6.07, 6.45) is -0.189. The molecule has 0 unspecified atom stereocenters. The molecule has 3 heterocycles. The first-order valence-corrected chi connectivity index (χ1v) is 20.1. The monoisotopic (exact) mass is 807 g/mol. The Kier molecular flexibility index (Phi) is 10.3. The molecule has 5 aliphatic rings. The Morgan fingerprint density at radius 2 is 1.79 bits per heavy atom. The molecule has 2 aromatic rings. The van der Waals surface area contributed by atoms with E-state index in [2.05, 4.69) is 15.4 Å². The van der Waals surface area contributed by atoms with E-state index in [0.29, 0.717) is 61.8 Å². The van der Waals surface area contributed by atoms with Crippen LogP contribution >= 0.6 is 0 Å². The molecule has 0 bridgehead atoms. The molecule has 18 heteroatoms. The number of carbonyl (C=O) groups excluding carboxylic acids is 4.